The molecule has 74 valence electrons. The van der Waals surface area contributed by atoms with E-state index >= 15 is 0 Å². The van der Waals surface area contributed by atoms with Crippen molar-refractivity contribution in [3.63, 3.8) is 0 Å². The zero-order valence-electron chi connectivity index (χ0n) is 8.66. The number of hydrogen-bond donors (Lipinski definition) is 4. The SMILES string of the molecule is O=P(O)(O)OP(=O)(O)O.[H-].[H-].[Li+].[Li+].[Mn].[Mn]. The van der Waals surface area contributed by atoms with Crippen molar-refractivity contribution in [2.45, 2.75) is 0 Å². The maximum Gasteiger partial charge on any atom is 1.00 e. The fourth-order valence-electron chi connectivity index (χ4n) is 0.139. The van der Waals surface area contributed by atoms with Gasteiger partial charge in [0.15, 0.2) is 0 Å². The van der Waals surface area contributed by atoms with Crippen LogP contribution in [0.2, 0.25) is 0 Å². The molecule has 0 heterocycles. The van der Waals surface area contributed by atoms with Crippen LogP contribution in [0.4, 0.5) is 0 Å². The first-order chi connectivity index (χ1) is 3.71. The van der Waals surface area contributed by atoms with Crippen LogP contribution in [0.5, 0.6) is 0 Å². The van der Waals surface area contributed by atoms with Crippen molar-refractivity contribution in [2.75, 3.05) is 0 Å². The van der Waals surface area contributed by atoms with Gasteiger partial charge in [0, 0.05) is 34.1 Å². The molecule has 0 aliphatic rings. The van der Waals surface area contributed by atoms with Gasteiger partial charge in [-0.3, -0.25) is 0 Å². The third-order valence-corrected chi connectivity index (χ3v) is 1.91. The van der Waals surface area contributed by atoms with Gasteiger partial charge in [0.1, 0.15) is 0 Å². The Kier molecular flexibility index (Phi) is 25.0. The van der Waals surface area contributed by atoms with E-state index in [4.69, 9.17) is 19.6 Å². The van der Waals surface area contributed by atoms with Gasteiger partial charge in [-0.05, 0) is 0 Å². The second-order valence-corrected chi connectivity index (χ2v) is 3.68. The van der Waals surface area contributed by atoms with E-state index in [9.17, 15) is 9.13 Å². The van der Waals surface area contributed by atoms with Crippen LogP contribution in [0.15, 0.2) is 0 Å². The summed E-state index contributed by atoms with van der Waals surface area (Å²) in [5.74, 6) is 0. The molecule has 0 unspecified atom stereocenters. The Morgan fingerprint density at radius 3 is 1.00 bits per heavy atom. The molecular formula is H6Li2Mn2O7P2. The quantitative estimate of drug-likeness (QED) is 0.295. The molecule has 0 aromatic heterocycles. The first-order valence-electron chi connectivity index (χ1n) is 1.53. The summed E-state index contributed by atoms with van der Waals surface area (Å²) >= 11 is 0. The smallest absolute Gasteiger partial charge is 1.00 e. The standard InChI is InChI=1S/2Li.2Mn.H4O7P2.2H/c;;;;1-8(2,3)7-9(4,5)6;;/h;;;;(H2,1,2,3)(H2,4,5,6);;/q2*+1;;;;2*-1. The van der Waals surface area contributed by atoms with Gasteiger partial charge in [-0.25, -0.2) is 9.13 Å². The monoisotopic (exact) mass is 304 g/mol. The van der Waals surface area contributed by atoms with Gasteiger partial charge in [-0.15, -0.1) is 0 Å². The Hall–Kier alpha value is 2.49. The van der Waals surface area contributed by atoms with Crippen LogP contribution in [0, 0.1) is 0 Å². The molecule has 13 heavy (non-hydrogen) atoms. The second-order valence-electron chi connectivity index (χ2n) is 1.06. The van der Waals surface area contributed by atoms with Gasteiger partial charge in [-0.2, -0.15) is 4.31 Å². The predicted molar refractivity (Wildman–Crippen MR) is 27.4 cm³/mol. The summed E-state index contributed by atoms with van der Waals surface area (Å²) in [6, 6.07) is 0. The van der Waals surface area contributed by atoms with Crippen LogP contribution >= 0.6 is 15.6 Å². The maximum absolute atomic E-state index is 9.63. The minimum Gasteiger partial charge on any atom is -1.00 e. The molecule has 2 radical (unpaired) electrons. The molecule has 0 saturated heterocycles. The molecule has 0 aromatic rings. The van der Waals surface area contributed by atoms with E-state index in [1.807, 2.05) is 0 Å². The van der Waals surface area contributed by atoms with Gasteiger partial charge >= 0.3 is 53.4 Å². The summed E-state index contributed by atoms with van der Waals surface area (Å²) in [5, 5.41) is 0. The molecule has 0 atom stereocenters. The summed E-state index contributed by atoms with van der Waals surface area (Å²) in [4.78, 5) is 31.0. The largest absolute Gasteiger partial charge is 1.00 e. The summed E-state index contributed by atoms with van der Waals surface area (Å²) in [6.07, 6.45) is 0. The third kappa shape index (κ3) is 31.4. The summed E-state index contributed by atoms with van der Waals surface area (Å²) < 4.78 is 22.2. The van der Waals surface area contributed by atoms with E-state index in [0.29, 0.717) is 0 Å². The molecular weight excluding hydrogens is 298 g/mol. The van der Waals surface area contributed by atoms with Crippen molar-refractivity contribution in [1.29, 1.82) is 0 Å². The van der Waals surface area contributed by atoms with E-state index in [2.05, 4.69) is 4.31 Å². The summed E-state index contributed by atoms with van der Waals surface area (Å²) in [6.45, 7) is 0. The molecule has 0 rings (SSSR count). The average molecular weight is 304 g/mol. The van der Waals surface area contributed by atoms with Gasteiger partial charge in [0.25, 0.3) is 0 Å². The van der Waals surface area contributed by atoms with E-state index in [1.54, 1.807) is 0 Å². The molecule has 0 bridgehead atoms. The number of rotatable bonds is 2. The van der Waals surface area contributed by atoms with Crippen molar-refractivity contribution in [3.8, 4) is 0 Å². The van der Waals surface area contributed by atoms with Crippen molar-refractivity contribution >= 4 is 15.6 Å². The fourth-order valence-corrected chi connectivity index (χ4v) is 1.25. The van der Waals surface area contributed by atoms with E-state index in [0.717, 1.165) is 0 Å². The van der Waals surface area contributed by atoms with E-state index in [1.165, 1.54) is 0 Å². The molecule has 0 spiro atoms. The van der Waals surface area contributed by atoms with Crippen LogP contribution in [-0.4, -0.2) is 19.6 Å². The molecule has 4 N–H and O–H groups in total. The predicted octanol–water partition coefficient (Wildman–Crippen LogP) is -6.58. The minimum absolute atomic E-state index is 0. The van der Waals surface area contributed by atoms with Crippen LogP contribution < -0.4 is 37.7 Å². The third-order valence-electron chi connectivity index (χ3n) is 0.213. The van der Waals surface area contributed by atoms with Crippen molar-refractivity contribution in [1.82, 2.24) is 0 Å². The molecule has 0 aromatic carbocycles. The topological polar surface area (TPSA) is 124 Å². The Morgan fingerprint density at radius 1 is 0.846 bits per heavy atom. The summed E-state index contributed by atoms with van der Waals surface area (Å²) in [7, 11) is -10.1. The molecule has 13 heteroatoms. The Bertz CT molecular complexity index is 171. The minimum atomic E-state index is -5.05. The Balaban J connectivity index is -0.0000000213. The van der Waals surface area contributed by atoms with E-state index in [-0.39, 0.29) is 74.7 Å². The first kappa shape index (κ1) is 29.6. The number of phosphoric acid groups is 2. The molecule has 0 aliphatic carbocycles. The number of hydrogen-bond acceptors (Lipinski definition) is 3. The van der Waals surface area contributed by atoms with Crippen molar-refractivity contribution in [3.05, 3.63) is 0 Å². The van der Waals surface area contributed by atoms with Crippen molar-refractivity contribution < 1.29 is 108 Å². The van der Waals surface area contributed by atoms with Gasteiger partial charge in [-0.1, -0.05) is 0 Å². The zero-order valence-corrected chi connectivity index (χ0v) is 10.8. The average Bonchev–Trinajstić information content (AvgIpc) is 1.14. The molecule has 0 aliphatic heterocycles. The van der Waals surface area contributed by atoms with Crippen LogP contribution in [0.25, 0.3) is 0 Å². The molecule has 0 saturated carbocycles. The molecule has 0 amide bonds. The van der Waals surface area contributed by atoms with Gasteiger partial charge in [0.2, 0.25) is 0 Å². The second kappa shape index (κ2) is 11.0. The van der Waals surface area contributed by atoms with Crippen molar-refractivity contribution in [2.24, 2.45) is 0 Å². The Labute approximate surface area is 123 Å². The van der Waals surface area contributed by atoms with Gasteiger partial charge < -0.3 is 22.4 Å². The van der Waals surface area contributed by atoms with E-state index < -0.39 is 15.6 Å². The maximum atomic E-state index is 9.63. The Morgan fingerprint density at radius 2 is 1.00 bits per heavy atom. The van der Waals surface area contributed by atoms with Crippen LogP contribution in [0.3, 0.4) is 0 Å². The zero-order chi connectivity index (χ0) is 7.71. The molecule has 7 nitrogen and oxygen atoms in total. The van der Waals surface area contributed by atoms with Crippen LogP contribution in [-0.2, 0) is 47.6 Å². The first-order valence-corrected chi connectivity index (χ1v) is 4.59. The summed E-state index contributed by atoms with van der Waals surface area (Å²) in [5.41, 5.74) is 0. The van der Waals surface area contributed by atoms with Crippen LogP contribution in [0.1, 0.15) is 2.85 Å². The fraction of sp³-hybridized carbons (Fsp3) is 0. The van der Waals surface area contributed by atoms with Gasteiger partial charge in [0.05, 0.1) is 0 Å². The normalized spacial score (nSPS) is 9.54. The molecule has 0 fully saturated rings.